The molecule has 10 nitrogen and oxygen atoms in total. The lowest BCUT2D eigenvalue weighted by molar-refractivity contribution is 0.0599. The summed E-state index contributed by atoms with van der Waals surface area (Å²) in [5.41, 5.74) is 7.71. The predicted molar refractivity (Wildman–Crippen MR) is 157 cm³/mol. The van der Waals surface area contributed by atoms with Crippen LogP contribution >= 0.6 is 11.6 Å². The lowest BCUT2D eigenvalue weighted by atomic mass is 9.95. The molecule has 0 atom stereocenters. The number of carbonyl (C=O) groups is 2. The summed E-state index contributed by atoms with van der Waals surface area (Å²) in [5, 5.41) is 15.3. The topological polar surface area (TPSA) is 159 Å². The predicted octanol–water partition coefficient (Wildman–Crippen LogP) is 6.04. The number of H-pyrrole nitrogens is 1. The summed E-state index contributed by atoms with van der Waals surface area (Å²) in [5.74, 6) is -0.150. The Hall–Kier alpha value is -3.66. The van der Waals surface area contributed by atoms with E-state index >= 15 is 0 Å². The van der Waals surface area contributed by atoms with Crippen LogP contribution in [-0.2, 0) is 4.74 Å². The fraction of sp³-hybridized carbons (Fsp3) is 0.464. The van der Waals surface area contributed by atoms with Crippen LogP contribution in [0.3, 0.4) is 0 Å². The summed E-state index contributed by atoms with van der Waals surface area (Å²) in [6.45, 7) is 9.28. The highest BCUT2D eigenvalue weighted by Gasteiger charge is 2.21. The monoisotopic (exact) mass is 557 g/mol. The van der Waals surface area contributed by atoms with E-state index in [-0.39, 0.29) is 17.7 Å². The number of aromatic nitrogens is 3. The van der Waals surface area contributed by atoms with Crippen molar-refractivity contribution in [2.24, 2.45) is 5.73 Å². The van der Waals surface area contributed by atoms with Crippen molar-refractivity contribution in [3.05, 3.63) is 52.4 Å². The van der Waals surface area contributed by atoms with Crippen LogP contribution in [0.4, 0.5) is 10.5 Å². The Kier molecular flexibility index (Phi) is 11.7. The van der Waals surface area contributed by atoms with Gasteiger partial charge in [-0.05, 0) is 51.8 Å². The SMILES string of the molecule is CC.CC(C)(C)OC(N)=O.CNc1cc(Cl)ccc1C(=N)c1cnc2[nH]cc(C(=O)NC3CCCCC3)c2n1. The van der Waals surface area contributed by atoms with E-state index in [1.54, 1.807) is 52.2 Å². The summed E-state index contributed by atoms with van der Waals surface area (Å²) in [6, 6.07) is 5.48. The molecule has 1 aromatic carbocycles. The Morgan fingerprint density at radius 3 is 2.38 bits per heavy atom. The van der Waals surface area contributed by atoms with E-state index in [0.717, 1.165) is 31.4 Å². The number of rotatable bonds is 5. The molecule has 0 bridgehead atoms. The molecule has 0 spiro atoms. The van der Waals surface area contributed by atoms with E-state index < -0.39 is 11.7 Å². The number of benzene rings is 1. The Morgan fingerprint density at radius 2 is 1.82 bits per heavy atom. The number of fused-ring (bicyclic) bond motifs is 1. The molecule has 1 saturated carbocycles. The molecule has 3 aromatic rings. The molecule has 6 N–H and O–H groups in total. The number of nitrogens with zero attached hydrogens (tertiary/aromatic N) is 2. The van der Waals surface area contributed by atoms with Crippen molar-refractivity contribution in [3.63, 3.8) is 0 Å². The van der Waals surface area contributed by atoms with Crippen molar-refractivity contribution < 1.29 is 14.3 Å². The van der Waals surface area contributed by atoms with Crippen molar-refractivity contribution in [2.45, 2.75) is 78.4 Å². The molecule has 0 radical (unpaired) electrons. The van der Waals surface area contributed by atoms with Gasteiger partial charge in [0.05, 0.1) is 17.5 Å². The third kappa shape index (κ3) is 9.24. The van der Waals surface area contributed by atoms with E-state index in [4.69, 9.17) is 22.7 Å². The number of carbonyl (C=O) groups excluding carboxylic acids is 2. The number of ether oxygens (including phenoxy) is 1. The minimum atomic E-state index is -0.725. The van der Waals surface area contributed by atoms with Gasteiger partial charge in [0.15, 0.2) is 5.65 Å². The minimum Gasteiger partial charge on any atom is -0.444 e. The minimum absolute atomic E-state index is 0.150. The van der Waals surface area contributed by atoms with E-state index in [1.807, 2.05) is 13.8 Å². The molecule has 1 aliphatic rings. The van der Waals surface area contributed by atoms with Gasteiger partial charge in [0.2, 0.25) is 0 Å². The van der Waals surface area contributed by atoms with Gasteiger partial charge in [0.25, 0.3) is 5.91 Å². The van der Waals surface area contributed by atoms with Gasteiger partial charge in [0, 0.05) is 35.6 Å². The fourth-order valence-electron chi connectivity index (χ4n) is 4.08. The smallest absolute Gasteiger partial charge is 0.405 e. The van der Waals surface area contributed by atoms with Crippen molar-refractivity contribution in [1.82, 2.24) is 20.3 Å². The molecule has 11 heteroatoms. The van der Waals surface area contributed by atoms with Crippen LogP contribution in [-0.4, -0.2) is 51.4 Å². The number of aromatic amines is 1. The highest BCUT2D eigenvalue weighted by atomic mass is 35.5. The molecule has 0 saturated heterocycles. The summed E-state index contributed by atoms with van der Waals surface area (Å²) in [4.78, 5) is 34.8. The van der Waals surface area contributed by atoms with Gasteiger partial charge in [-0.25, -0.2) is 14.8 Å². The van der Waals surface area contributed by atoms with Gasteiger partial charge in [-0.1, -0.05) is 44.7 Å². The number of hydrogen-bond donors (Lipinski definition) is 5. The van der Waals surface area contributed by atoms with Crippen LogP contribution in [0, 0.1) is 5.41 Å². The normalized spacial score (nSPS) is 13.3. The third-order valence-electron chi connectivity index (χ3n) is 5.75. The molecular formula is C28H40ClN7O3. The van der Waals surface area contributed by atoms with Gasteiger partial charge in [0.1, 0.15) is 16.8 Å². The van der Waals surface area contributed by atoms with Crippen molar-refractivity contribution in [1.29, 1.82) is 5.41 Å². The van der Waals surface area contributed by atoms with Crippen LogP contribution in [0.25, 0.3) is 11.2 Å². The fourth-order valence-corrected chi connectivity index (χ4v) is 4.25. The summed E-state index contributed by atoms with van der Waals surface area (Å²) < 4.78 is 4.58. The second-order valence-electron chi connectivity index (χ2n) is 9.81. The van der Waals surface area contributed by atoms with E-state index in [0.29, 0.717) is 33.0 Å². The van der Waals surface area contributed by atoms with Gasteiger partial charge < -0.3 is 26.1 Å². The quantitative estimate of drug-likeness (QED) is 0.240. The maximum absolute atomic E-state index is 12.8. The zero-order valence-corrected chi connectivity index (χ0v) is 24.3. The van der Waals surface area contributed by atoms with Crippen LogP contribution < -0.4 is 16.4 Å². The first-order chi connectivity index (χ1) is 18.5. The Balaban J connectivity index is 0.000000460. The highest BCUT2D eigenvalue weighted by molar-refractivity contribution is 6.31. The molecule has 2 heterocycles. The molecule has 212 valence electrons. The molecule has 4 rings (SSSR count). The molecule has 1 fully saturated rings. The van der Waals surface area contributed by atoms with Gasteiger partial charge >= 0.3 is 6.09 Å². The van der Waals surface area contributed by atoms with Crippen LogP contribution in [0.2, 0.25) is 5.02 Å². The number of nitrogens with one attached hydrogen (secondary N) is 4. The van der Waals surface area contributed by atoms with Crippen molar-refractivity contribution in [2.75, 3.05) is 12.4 Å². The second kappa shape index (κ2) is 14.5. The van der Waals surface area contributed by atoms with Gasteiger partial charge in [-0.3, -0.25) is 10.2 Å². The Bertz CT molecular complexity index is 1280. The summed E-state index contributed by atoms with van der Waals surface area (Å²) in [6.07, 6.45) is 8.00. The van der Waals surface area contributed by atoms with Gasteiger partial charge in [-0.15, -0.1) is 0 Å². The van der Waals surface area contributed by atoms with E-state index in [9.17, 15) is 9.59 Å². The standard InChI is InChI=1S/C21H23ClN6O.C5H11NO2.C2H6/c1-24-16-9-12(22)7-8-14(16)18(23)17-11-26-20-19(28-17)15(10-25-20)21(29)27-13-5-3-2-4-6-13;1-5(2,3)8-4(6)7;1-2/h7-11,13,23-24H,2-6H2,1H3,(H,25,26)(H,27,29);1-3H3,(H2,6,7);1-2H3. The first kappa shape index (κ1) is 31.6. The van der Waals surface area contributed by atoms with Crippen LogP contribution in [0.5, 0.6) is 0 Å². The number of amides is 2. The number of nitrogens with two attached hydrogens (primary N) is 1. The Morgan fingerprint density at radius 1 is 1.15 bits per heavy atom. The third-order valence-corrected chi connectivity index (χ3v) is 5.98. The Labute approximate surface area is 235 Å². The number of halogens is 1. The van der Waals surface area contributed by atoms with Crippen LogP contribution in [0.1, 0.15) is 88.3 Å². The zero-order chi connectivity index (χ0) is 29.2. The van der Waals surface area contributed by atoms with E-state index in [1.165, 1.54) is 12.6 Å². The molecule has 0 aliphatic heterocycles. The molecule has 2 aromatic heterocycles. The molecule has 2 amide bonds. The van der Waals surface area contributed by atoms with Crippen molar-refractivity contribution in [3.8, 4) is 0 Å². The number of primary amides is 1. The van der Waals surface area contributed by atoms with Gasteiger partial charge in [-0.2, -0.15) is 0 Å². The first-order valence-corrected chi connectivity index (χ1v) is 13.6. The molecule has 0 unspecified atom stereocenters. The average molecular weight is 558 g/mol. The molecular weight excluding hydrogens is 518 g/mol. The van der Waals surface area contributed by atoms with E-state index in [2.05, 4.69) is 30.3 Å². The summed E-state index contributed by atoms with van der Waals surface area (Å²) >= 11 is 6.06. The lowest BCUT2D eigenvalue weighted by Gasteiger charge is -2.22. The largest absolute Gasteiger partial charge is 0.444 e. The maximum Gasteiger partial charge on any atom is 0.405 e. The van der Waals surface area contributed by atoms with Crippen LogP contribution in [0.15, 0.2) is 30.6 Å². The maximum atomic E-state index is 12.8. The number of hydrogen-bond acceptors (Lipinski definition) is 7. The lowest BCUT2D eigenvalue weighted by Crippen LogP contribution is -2.36. The number of anilines is 1. The summed E-state index contributed by atoms with van der Waals surface area (Å²) in [7, 11) is 1.77. The average Bonchev–Trinajstić information content (AvgIpc) is 3.32. The first-order valence-electron chi connectivity index (χ1n) is 13.2. The molecule has 39 heavy (non-hydrogen) atoms. The molecule has 1 aliphatic carbocycles. The second-order valence-corrected chi connectivity index (χ2v) is 10.2. The highest BCUT2D eigenvalue weighted by Crippen LogP contribution is 2.24. The van der Waals surface area contributed by atoms with Crippen molar-refractivity contribution >= 4 is 46.2 Å². The zero-order valence-electron chi connectivity index (χ0n) is 23.6.